The maximum absolute atomic E-state index is 5.70. The Bertz CT molecular complexity index is 360. The molecule has 0 radical (unpaired) electrons. The normalized spacial score (nSPS) is 19.8. The fourth-order valence-corrected chi connectivity index (χ4v) is 2.83. The van der Waals surface area contributed by atoms with E-state index in [9.17, 15) is 0 Å². The molecule has 2 heteroatoms. The van der Waals surface area contributed by atoms with Crippen LogP contribution in [0, 0.1) is 0 Å². The van der Waals surface area contributed by atoms with Gasteiger partial charge in [-0.05, 0) is 49.9 Å². The Morgan fingerprint density at radius 1 is 1.21 bits per heavy atom. The maximum atomic E-state index is 5.70. The predicted octanol–water partition coefficient (Wildman–Crippen LogP) is 4.24. The molecule has 2 rings (SSSR count). The molecule has 0 aromatic heterocycles. The smallest absolute Gasteiger partial charge is 0.119 e. The molecule has 106 valence electrons. The Balaban J connectivity index is 1.84. The molecule has 0 bridgehead atoms. The van der Waals surface area contributed by atoms with Crippen LogP contribution in [0.25, 0.3) is 0 Å². The molecule has 2 nitrogen and oxygen atoms in total. The van der Waals surface area contributed by atoms with Crippen molar-refractivity contribution in [2.45, 2.75) is 58.5 Å². The topological polar surface area (TPSA) is 12.5 Å². The maximum Gasteiger partial charge on any atom is 0.119 e. The van der Waals surface area contributed by atoms with Crippen molar-refractivity contribution in [1.82, 2.24) is 4.90 Å². The Hall–Kier alpha value is -1.02. The first-order valence-electron chi connectivity index (χ1n) is 7.79. The van der Waals surface area contributed by atoms with Crippen molar-refractivity contribution in [1.29, 1.82) is 0 Å². The zero-order chi connectivity index (χ0) is 13.5. The molecule has 1 aromatic rings. The van der Waals surface area contributed by atoms with Crippen molar-refractivity contribution >= 4 is 0 Å². The molecule has 0 saturated carbocycles. The number of likely N-dealkylation sites (tertiary alicyclic amines) is 1. The first kappa shape index (κ1) is 14.4. The van der Waals surface area contributed by atoms with Crippen LogP contribution in [0.3, 0.4) is 0 Å². The highest BCUT2D eigenvalue weighted by Gasteiger charge is 2.22. The third-order valence-electron chi connectivity index (χ3n) is 4.05. The molecule has 1 saturated heterocycles. The van der Waals surface area contributed by atoms with Crippen LogP contribution >= 0.6 is 0 Å². The highest BCUT2D eigenvalue weighted by molar-refractivity contribution is 5.27. The molecule has 0 aliphatic carbocycles. The molecule has 19 heavy (non-hydrogen) atoms. The molecule has 0 spiro atoms. The standard InChI is InChI=1S/C17H27NO/c1-3-5-13-19-17-10-8-15(9-11-17)14-18-12-6-7-16(18)4-2/h8-11,16H,3-7,12-14H2,1-2H3. The SMILES string of the molecule is CCCCOc1ccc(CN2CCCC2CC)cc1. The van der Waals surface area contributed by atoms with Crippen LogP contribution in [0.2, 0.25) is 0 Å². The monoisotopic (exact) mass is 261 g/mol. The lowest BCUT2D eigenvalue weighted by Crippen LogP contribution is -2.28. The van der Waals surface area contributed by atoms with Gasteiger partial charge in [0.05, 0.1) is 6.61 Å². The summed E-state index contributed by atoms with van der Waals surface area (Å²) in [5, 5.41) is 0. The Morgan fingerprint density at radius 2 is 2.00 bits per heavy atom. The zero-order valence-corrected chi connectivity index (χ0v) is 12.4. The Labute approximate surface area is 117 Å². The first-order chi connectivity index (χ1) is 9.33. The van der Waals surface area contributed by atoms with Gasteiger partial charge in [0.2, 0.25) is 0 Å². The van der Waals surface area contributed by atoms with E-state index in [0.717, 1.165) is 31.4 Å². The summed E-state index contributed by atoms with van der Waals surface area (Å²) in [5.41, 5.74) is 1.41. The molecule has 1 atom stereocenters. The lowest BCUT2D eigenvalue weighted by molar-refractivity contribution is 0.240. The van der Waals surface area contributed by atoms with Gasteiger partial charge in [0.15, 0.2) is 0 Å². The second kappa shape index (κ2) is 7.54. The van der Waals surface area contributed by atoms with Gasteiger partial charge in [-0.25, -0.2) is 0 Å². The first-order valence-corrected chi connectivity index (χ1v) is 7.79. The van der Waals surface area contributed by atoms with Gasteiger partial charge < -0.3 is 4.74 Å². The van der Waals surface area contributed by atoms with Crippen LogP contribution in [0.1, 0.15) is 51.5 Å². The minimum atomic E-state index is 0.792. The number of ether oxygens (including phenoxy) is 1. The molecule has 1 aliphatic rings. The molecular formula is C17H27NO. The van der Waals surface area contributed by atoms with Gasteiger partial charge in [-0.1, -0.05) is 32.4 Å². The van der Waals surface area contributed by atoms with E-state index in [1.54, 1.807) is 0 Å². The second-order valence-electron chi connectivity index (χ2n) is 5.52. The number of benzene rings is 1. The summed E-state index contributed by atoms with van der Waals surface area (Å²) in [6.45, 7) is 7.67. The van der Waals surface area contributed by atoms with E-state index in [-0.39, 0.29) is 0 Å². The third kappa shape index (κ3) is 4.24. The molecule has 0 amide bonds. The van der Waals surface area contributed by atoms with E-state index in [0.29, 0.717) is 0 Å². The number of nitrogens with zero attached hydrogens (tertiary/aromatic N) is 1. The quantitative estimate of drug-likeness (QED) is 0.681. The average molecular weight is 261 g/mol. The lowest BCUT2D eigenvalue weighted by atomic mass is 10.1. The van der Waals surface area contributed by atoms with Gasteiger partial charge in [-0.2, -0.15) is 0 Å². The van der Waals surface area contributed by atoms with E-state index < -0.39 is 0 Å². The largest absolute Gasteiger partial charge is 0.494 e. The molecule has 1 aliphatic heterocycles. The van der Waals surface area contributed by atoms with Gasteiger partial charge in [-0.15, -0.1) is 0 Å². The van der Waals surface area contributed by atoms with E-state index in [2.05, 4.69) is 43.0 Å². The van der Waals surface area contributed by atoms with Gasteiger partial charge in [0, 0.05) is 12.6 Å². The summed E-state index contributed by atoms with van der Waals surface area (Å²) in [6, 6.07) is 9.45. The van der Waals surface area contributed by atoms with Crippen LogP contribution in [0.4, 0.5) is 0 Å². The predicted molar refractivity (Wildman–Crippen MR) is 80.6 cm³/mol. The average Bonchev–Trinajstić information content (AvgIpc) is 2.88. The molecule has 1 heterocycles. The molecule has 1 aromatic carbocycles. The van der Waals surface area contributed by atoms with Crippen molar-refractivity contribution in [3.63, 3.8) is 0 Å². The summed E-state index contributed by atoms with van der Waals surface area (Å²) in [4.78, 5) is 2.62. The van der Waals surface area contributed by atoms with E-state index in [1.165, 1.54) is 37.8 Å². The van der Waals surface area contributed by atoms with Crippen molar-refractivity contribution in [3.05, 3.63) is 29.8 Å². The highest BCUT2D eigenvalue weighted by atomic mass is 16.5. The van der Waals surface area contributed by atoms with E-state index in [1.807, 2.05) is 0 Å². The third-order valence-corrected chi connectivity index (χ3v) is 4.05. The number of unbranched alkanes of at least 4 members (excludes halogenated alkanes) is 1. The van der Waals surface area contributed by atoms with Crippen molar-refractivity contribution in [2.75, 3.05) is 13.2 Å². The second-order valence-corrected chi connectivity index (χ2v) is 5.52. The fourth-order valence-electron chi connectivity index (χ4n) is 2.83. The summed E-state index contributed by atoms with van der Waals surface area (Å²) >= 11 is 0. The number of hydrogen-bond donors (Lipinski definition) is 0. The van der Waals surface area contributed by atoms with Gasteiger partial charge >= 0.3 is 0 Å². The van der Waals surface area contributed by atoms with E-state index in [4.69, 9.17) is 4.74 Å². The van der Waals surface area contributed by atoms with Gasteiger partial charge in [0.1, 0.15) is 5.75 Å². The highest BCUT2D eigenvalue weighted by Crippen LogP contribution is 2.23. The minimum absolute atomic E-state index is 0.792. The van der Waals surface area contributed by atoms with Crippen molar-refractivity contribution < 1.29 is 4.74 Å². The molecule has 0 N–H and O–H groups in total. The van der Waals surface area contributed by atoms with Gasteiger partial charge in [0.25, 0.3) is 0 Å². The number of rotatable bonds is 7. The Kier molecular flexibility index (Phi) is 5.71. The molecular weight excluding hydrogens is 234 g/mol. The lowest BCUT2D eigenvalue weighted by Gasteiger charge is -2.23. The summed E-state index contributed by atoms with van der Waals surface area (Å²) in [5.74, 6) is 1.01. The van der Waals surface area contributed by atoms with Crippen molar-refractivity contribution in [2.24, 2.45) is 0 Å². The summed E-state index contributed by atoms with van der Waals surface area (Å²) in [7, 11) is 0. The fraction of sp³-hybridized carbons (Fsp3) is 0.647. The van der Waals surface area contributed by atoms with Gasteiger partial charge in [-0.3, -0.25) is 4.90 Å². The summed E-state index contributed by atoms with van der Waals surface area (Å²) < 4.78 is 5.70. The van der Waals surface area contributed by atoms with Crippen LogP contribution in [-0.4, -0.2) is 24.1 Å². The van der Waals surface area contributed by atoms with Crippen LogP contribution in [0.5, 0.6) is 5.75 Å². The van der Waals surface area contributed by atoms with Crippen LogP contribution in [-0.2, 0) is 6.54 Å². The molecule has 1 unspecified atom stereocenters. The minimum Gasteiger partial charge on any atom is -0.494 e. The van der Waals surface area contributed by atoms with Crippen molar-refractivity contribution in [3.8, 4) is 5.75 Å². The van der Waals surface area contributed by atoms with E-state index >= 15 is 0 Å². The number of hydrogen-bond acceptors (Lipinski definition) is 2. The zero-order valence-electron chi connectivity index (χ0n) is 12.4. The van der Waals surface area contributed by atoms with Crippen LogP contribution in [0.15, 0.2) is 24.3 Å². The Morgan fingerprint density at radius 3 is 2.68 bits per heavy atom. The molecule has 1 fully saturated rings. The summed E-state index contributed by atoms with van der Waals surface area (Å²) in [6.07, 6.45) is 6.32. The van der Waals surface area contributed by atoms with Crippen LogP contribution < -0.4 is 4.74 Å².